The molecule has 14 nitrogen and oxygen atoms in total. The molecule has 8 N–H and O–H groups in total. The zero-order valence-corrected chi connectivity index (χ0v) is 34.1. The minimum absolute atomic E-state index is 0.0358. The van der Waals surface area contributed by atoms with E-state index in [9.17, 15) is 28.8 Å². The first-order chi connectivity index (χ1) is 27.9. The number of fused-ring (bicyclic) bond motifs is 6. The van der Waals surface area contributed by atoms with Crippen LogP contribution in [0.3, 0.4) is 0 Å². The number of benzene rings is 2. The van der Waals surface area contributed by atoms with Crippen LogP contribution >= 0.6 is 22.7 Å². The second-order valence-electron chi connectivity index (χ2n) is 15.2. The Morgan fingerprint density at radius 1 is 0.621 bits per heavy atom. The van der Waals surface area contributed by atoms with Crippen molar-refractivity contribution in [2.45, 2.75) is 88.6 Å². The minimum Gasteiger partial charge on any atom is -0.381 e. The lowest BCUT2D eigenvalue weighted by atomic mass is 10.1. The fourth-order valence-corrected chi connectivity index (χ4v) is 10.1. The van der Waals surface area contributed by atoms with E-state index < -0.39 is 0 Å². The van der Waals surface area contributed by atoms with Crippen molar-refractivity contribution in [2.75, 3.05) is 23.7 Å². The van der Waals surface area contributed by atoms with E-state index in [1.54, 1.807) is 12.1 Å². The topological polar surface area (TPSA) is 199 Å². The van der Waals surface area contributed by atoms with Gasteiger partial charge in [-0.3, -0.25) is 28.8 Å². The van der Waals surface area contributed by atoms with Gasteiger partial charge in [-0.2, -0.15) is 0 Å². The maximum absolute atomic E-state index is 12.9. The molecule has 2 aromatic heterocycles. The summed E-state index contributed by atoms with van der Waals surface area (Å²) >= 11 is 2.85. The summed E-state index contributed by atoms with van der Waals surface area (Å²) in [6, 6.07) is 10.7. The van der Waals surface area contributed by atoms with Gasteiger partial charge in [-0.1, -0.05) is 13.2 Å². The van der Waals surface area contributed by atoms with E-state index >= 15 is 0 Å². The molecule has 4 aromatic rings. The average molecular weight is 825 g/mol. The number of amides is 6. The Morgan fingerprint density at radius 3 is 1.38 bits per heavy atom. The predicted octanol–water partition coefficient (Wildman–Crippen LogP) is 4.80. The summed E-state index contributed by atoms with van der Waals surface area (Å²) in [5.41, 5.74) is 2.66. The predicted molar refractivity (Wildman–Crippen MR) is 229 cm³/mol. The van der Waals surface area contributed by atoms with Crippen molar-refractivity contribution in [1.29, 1.82) is 0 Å². The van der Waals surface area contributed by atoms with Gasteiger partial charge in [0.2, 0.25) is 11.8 Å². The zero-order chi connectivity index (χ0) is 41.1. The van der Waals surface area contributed by atoms with Gasteiger partial charge in [0.05, 0.1) is 11.4 Å². The van der Waals surface area contributed by atoms with Crippen LogP contribution in [-0.2, 0) is 9.59 Å². The van der Waals surface area contributed by atoms with Crippen LogP contribution in [0.25, 0.3) is 20.2 Å². The van der Waals surface area contributed by atoms with Gasteiger partial charge in [-0.05, 0) is 101 Å². The standard InChI is InChI=1S/2C21H24N4O3S/c2*1-3-17(26)24-14-5-4-6-15(14)25-20(27)12-7-8-16-13(9-12)18-19(29-16)21(28)23-11(2)10-22-18/h2*3,7-9,11,14-15,22H,1,4-6,10H2,2H3,(H,23,28)(H,24,26)(H,25,27)/t11-,14+,15+;11-,14-,15-/m11/s1. The third-order valence-corrected chi connectivity index (χ3v) is 13.3. The van der Waals surface area contributed by atoms with Gasteiger partial charge >= 0.3 is 0 Å². The van der Waals surface area contributed by atoms with Crippen LogP contribution in [0.1, 0.15) is 92.4 Å². The van der Waals surface area contributed by atoms with Crippen LogP contribution in [-0.4, -0.2) is 84.8 Å². The number of rotatable bonds is 8. The summed E-state index contributed by atoms with van der Waals surface area (Å²) in [4.78, 5) is 75.1. The maximum Gasteiger partial charge on any atom is 0.263 e. The molecule has 4 heterocycles. The van der Waals surface area contributed by atoms with E-state index in [-0.39, 0.29) is 71.7 Å². The molecule has 0 saturated heterocycles. The van der Waals surface area contributed by atoms with Crippen LogP contribution in [0, 0.1) is 0 Å². The van der Waals surface area contributed by atoms with Crippen LogP contribution in [0.15, 0.2) is 61.7 Å². The number of nitrogens with one attached hydrogen (secondary N) is 8. The highest BCUT2D eigenvalue weighted by Gasteiger charge is 2.32. The van der Waals surface area contributed by atoms with E-state index in [2.05, 4.69) is 55.7 Å². The molecule has 6 amide bonds. The molecule has 0 spiro atoms. The van der Waals surface area contributed by atoms with Crippen LogP contribution in [0.2, 0.25) is 0 Å². The van der Waals surface area contributed by atoms with Gasteiger partial charge in [0.25, 0.3) is 23.6 Å². The Balaban J connectivity index is 0.000000177. The quantitative estimate of drug-likeness (QED) is 0.116. The monoisotopic (exact) mass is 824 g/mol. The van der Waals surface area contributed by atoms with Crippen LogP contribution in [0.5, 0.6) is 0 Å². The van der Waals surface area contributed by atoms with Crippen molar-refractivity contribution in [3.05, 3.63) is 82.6 Å². The van der Waals surface area contributed by atoms with E-state index in [0.717, 1.165) is 70.1 Å². The van der Waals surface area contributed by atoms with Gasteiger partial charge < -0.3 is 42.5 Å². The fraction of sp³-hybridized carbons (Fsp3) is 0.381. The molecule has 4 aliphatic rings. The Kier molecular flexibility index (Phi) is 12.1. The van der Waals surface area contributed by atoms with Crippen molar-refractivity contribution in [3.63, 3.8) is 0 Å². The highest BCUT2D eigenvalue weighted by atomic mass is 32.1. The van der Waals surface area contributed by atoms with Gasteiger partial charge in [0, 0.05) is 80.6 Å². The van der Waals surface area contributed by atoms with Crippen molar-refractivity contribution < 1.29 is 28.8 Å². The minimum atomic E-state index is -0.225. The average Bonchev–Trinajstić information content (AvgIpc) is 3.98. The van der Waals surface area contributed by atoms with Crippen LogP contribution < -0.4 is 42.5 Å². The Hall–Kier alpha value is -5.74. The smallest absolute Gasteiger partial charge is 0.263 e. The van der Waals surface area contributed by atoms with Crippen LogP contribution in [0.4, 0.5) is 11.4 Å². The number of anilines is 2. The number of hydrogen-bond donors (Lipinski definition) is 8. The Labute approximate surface area is 344 Å². The summed E-state index contributed by atoms with van der Waals surface area (Å²) in [7, 11) is 0. The van der Waals surface area contributed by atoms with Crippen molar-refractivity contribution in [1.82, 2.24) is 31.9 Å². The molecule has 2 fully saturated rings. The lowest BCUT2D eigenvalue weighted by molar-refractivity contribution is -0.118. The fourth-order valence-electron chi connectivity index (χ4n) is 7.94. The van der Waals surface area contributed by atoms with Gasteiger partial charge in [0.15, 0.2) is 0 Å². The second-order valence-corrected chi connectivity index (χ2v) is 17.3. The molecule has 8 rings (SSSR count). The third-order valence-electron chi connectivity index (χ3n) is 10.9. The van der Waals surface area contributed by atoms with E-state index in [1.165, 1.54) is 34.8 Å². The van der Waals surface area contributed by atoms with E-state index in [4.69, 9.17) is 0 Å². The van der Waals surface area contributed by atoms with Crippen molar-refractivity contribution >= 4 is 89.7 Å². The Morgan fingerprint density at radius 2 is 1.00 bits per heavy atom. The van der Waals surface area contributed by atoms with E-state index in [1.807, 2.05) is 38.1 Å². The molecule has 2 aliphatic carbocycles. The summed E-state index contributed by atoms with van der Waals surface area (Å²) in [5.74, 6) is -0.978. The van der Waals surface area contributed by atoms with Gasteiger partial charge in [0.1, 0.15) is 9.75 Å². The number of thiophene rings is 2. The number of carbonyl (C=O) groups is 6. The molecule has 304 valence electrons. The molecule has 0 bridgehead atoms. The molecular weight excluding hydrogens is 777 g/mol. The second kappa shape index (κ2) is 17.4. The highest BCUT2D eigenvalue weighted by molar-refractivity contribution is 7.22. The lowest BCUT2D eigenvalue weighted by Crippen LogP contribution is -2.48. The number of carbonyl (C=O) groups excluding carboxylic acids is 6. The SMILES string of the molecule is C=CC(=O)N[C@@H]1CCC[C@H]1NC(=O)c1ccc2sc3c(c2c1)NC[C@@H](C)NC3=O.C=CC(=O)N[C@H]1CCC[C@@H]1NC(=O)c1ccc2sc3c(c2c1)NC[C@@H](C)NC3=O. The largest absolute Gasteiger partial charge is 0.381 e. The normalized spacial score (nSPS) is 23.5. The van der Waals surface area contributed by atoms with Crippen molar-refractivity contribution in [2.24, 2.45) is 0 Å². The molecule has 0 radical (unpaired) electrons. The number of hydrogen-bond acceptors (Lipinski definition) is 10. The zero-order valence-electron chi connectivity index (χ0n) is 32.4. The first kappa shape index (κ1) is 40.5. The molecule has 0 unspecified atom stereocenters. The van der Waals surface area contributed by atoms with Crippen molar-refractivity contribution in [3.8, 4) is 0 Å². The molecular formula is C42H48N8O6S2. The lowest BCUT2D eigenvalue weighted by Gasteiger charge is -2.21. The molecule has 2 saturated carbocycles. The first-order valence-corrected chi connectivity index (χ1v) is 21.3. The maximum atomic E-state index is 12.9. The molecule has 6 atom stereocenters. The van der Waals surface area contributed by atoms with Gasteiger partial charge in [-0.15, -0.1) is 22.7 Å². The summed E-state index contributed by atoms with van der Waals surface area (Å²) in [5, 5.41) is 26.3. The summed E-state index contributed by atoms with van der Waals surface area (Å²) < 4.78 is 1.92. The van der Waals surface area contributed by atoms with E-state index in [0.29, 0.717) is 34.0 Å². The Bertz CT molecular complexity index is 2160. The molecule has 2 aliphatic heterocycles. The first-order valence-electron chi connectivity index (χ1n) is 19.6. The summed E-state index contributed by atoms with van der Waals surface area (Å²) in [6.45, 7) is 12.1. The third kappa shape index (κ3) is 8.72. The molecule has 58 heavy (non-hydrogen) atoms. The molecule has 2 aromatic carbocycles. The highest BCUT2D eigenvalue weighted by Crippen LogP contribution is 2.39. The summed E-state index contributed by atoms with van der Waals surface area (Å²) in [6.07, 6.45) is 7.70. The molecule has 16 heteroatoms. The van der Waals surface area contributed by atoms with Gasteiger partial charge in [-0.25, -0.2) is 0 Å².